The molecule has 0 spiro atoms. The van der Waals surface area contributed by atoms with Crippen molar-refractivity contribution in [2.75, 3.05) is 6.61 Å². The Hall–Kier alpha value is -3.34. The summed E-state index contributed by atoms with van der Waals surface area (Å²) in [6, 6.07) is 17.2. The first kappa shape index (κ1) is 16.1. The number of carbonyl (C=O) groups is 1. The summed E-state index contributed by atoms with van der Waals surface area (Å²) < 4.78 is 5.55. The summed E-state index contributed by atoms with van der Waals surface area (Å²) in [5.74, 6) is 0.763. The summed E-state index contributed by atoms with van der Waals surface area (Å²) in [7, 11) is 0. The zero-order valence-corrected chi connectivity index (χ0v) is 14.1. The molecule has 2 aromatic carbocycles. The Morgan fingerprint density at radius 3 is 2.62 bits per heavy atom. The SMILES string of the molecule is O=C(NCc1ccc(-c2ccc3c(c2)CCO3)cc1)c1ccc(=O)[nH]c1. The molecule has 0 saturated heterocycles. The van der Waals surface area contributed by atoms with Crippen molar-refractivity contribution in [3.8, 4) is 16.9 Å². The maximum Gasteiger partial charge on any atom is 0.253 e. The fraction of sp³-hybridized carbons (Fsp3) is 0.143. The lowest BCUT2D eigenvalue weighted by atomic mass is 10.0. The van der Waals surface area contributed by atoms with Crippen LogP contribution in [0.4, 0.5) is 0 Å². The molecule has 0 saturated carbocycles. The van der Waals surface area contributed by atoms with Crippen LogP contribution in [0.15, 0.2) is 65.6 Å². The van der Waals surface area contributed by atoms with Gasteiger partial charge in [0.2, 0.25) is 5.56 Å². The van der Waals surface area contributed by atoms with Gasteiger partial charge in [0.15, 0.2) is 0 Å². The van der Waals surface area contributed by atoms with Gasteiger partial charge in [-0.1, -0.05) is 30.3 Å². The molecule has 0 atom stereocenters. The molecule has 26 heavy (non-hydrogen) atoms. The zero-order chi connectivity index (χ0) is 17.9. The van der Waals surface area contributed by atoms with Crippen molar-refractivity contribution in [2.24, 2.45) is 0 Å². The van der Waals surface area contributed by atoms with Crippen molar-refractivity contribution in [1.29, 1.82) is 0 Å². The van der Waals surface area contributed by atoms with Crippen LogP contribution >= 0.6 is 0 Å². The summed E-state index contributed by atoms with van der Waals surface area (Å²) >= 11 is 0. The normalized spacial score (nSPS) is 12.3. The van der Waals surface area contributed by atoms with Gasteiger partial charge in [-0.25, -0.2) is 0 Å². The number of aromatic nitrogens is 1. The van der Waals surface area contributed by atoms with Crippen LogP contribution in [-0.2, 0) is 13.0 Å². The van der Waals surface area contributed by atoms with E-state index in [0.29, 0.717) is 12.1 Å². The van der Waals surface area contributed by atoms with E-state index in [0.717, 1.165) is 35.5 Å². The van der Waals surface area contributed by atoms with E-state index in [2.05, 4.69) is 34.6 Å². The third kappa shape index (κ3) is 3.37. The van der Waals surface area contributed by atoms with E-state index in [1.54, 1.807) is 0 Å². The molecule has 0 bridgehead atoms. The molecule has 4 rings (SSSR count). The second-order valence-corrected chi connectivity index (χ2v) is 6.24. The number of amides is 1. The standard InChI is InChI=1S/C21H18N2O3/c24-20-8-6-18(13-22-20)21(25)23-12-14-1-3-15(4-2-14)16-5-7-19-17(11-16)9-10-26-19/h1-8,11,13H,9-10,12H2,(H,22,24)(H,23,25). The smallest absolute Gasteiger partial charge is 0.253 e. The average molecular weight is 346 g/mol. The maximum atomic E-state index is 12.1. The van der Waals surface area contributed by atoms with Crippen molar-refractivity contribution in [3.05, 3.63) is 87.8 Å². The van der Waals surface area contributed by atoms with E-state index in [9.17, 15) is 9.59 Å². The molecule has 0 radical (unpaired) electrons. The van der Waals surface area contributed by atoms with Crippen LogP contribution < -0.4 is 15.6 Å². The molecule has 1 aliphatic rings. The molecule has 2 heterocycles. The van der Waals surface area contributed by atoms with E-state index >= 15 is 0 Å². The molecule has 5 heteroatoms. The van der Waals surface area contributed by atoms with Gasteiger partial charge in [-0.05, 0) is 40.5 Å². The highest BCUT2D eigenvalue weighted by molar-refractivity contribution is 5.93. The average Bonchev–Trinajstić information content (AvgIpc) is 3.15. The molecule has 2 N–H and O–H groups in total. The van der Waals surface area contributed by atoms with Crippen molar-refractivity contribution in [2.45, 2.75) is 13.0 Å². The number of fused-ring (bicyclic) bond motifs is 1. The Labute approximate surface area is 150 Å². The molecule has 130 valence electrons. The number of hydrogen-bond donors (Lipinski definition) is 2. The van der Waals surface area contributed by atoms with Gasteiger partial charge in [0, 0.05) is 25.2 Å². The quantitative estimate of drug-likeness (QED) is 0.763. The van der Waals surface area contributed by atoms with Gasteiger partial charge in [-0.3, -0.25) is 9.59 Å². The minimum absolute atomic E-state index is 0.219. The molecule has 1 amide bonds. The lowest BCUT2D eigenvalue weighted by Crippen LogP contribution is -2.23. The van der Waals surface area contributed by atoms with E-state index in [-0.39, 0.29) is 11.5 Å². The van der Waals surface area contributed by atoms with Gasteiger partial charge in [-0.2, -0.15) is 0 Å². The monoisotopic (exact) mass is 346 g/mol. The second-order valence-electron chi connectivity index (χ2n) is 6.24. The zero-order valence-electron chi connectivity index (χ0n) is 14.1. The summed E-state index contributed by atoms with van der Waals surface area (Å²) in [5, 5.41) is 2.85. The summed E-state index contributed by atoms with van der Waals surface area (Å²) in [5.41, 5.74) is 4.76. The summed E-state index contributed by atoms with van der Waals surface area (Å²) in [4.78, 5) is 25.6. The summed E-state index contributed by atoms with van der Waals surface area (Å²) in [6.07, 6.45) is 2.37. The number of rotatable bonds is 4. The van der Waals surface area contributed by atoms with Crippen LogP contribution in [0.5, 0.6) is 5.75 Å². The predicted molar refractivity (Wildman–Crippen MR) is 99.3 cm³/mol. The first-order valence-corrected chi connectivity index (χ1v) is 8.51. The minimum atomic E-state index is -0.227. The molecular formula is C21H18N2O3. The number of benzene rings is 2. The molecule has 3 aromatic rings. The summed E-state index contributed by atoms with van der Waals surface area (Å²) in [6.45, 7) is 1.18. The van der Waals surface area contributed by atoms with Crippen molar-refractivity contribution in [1.82, 2.24) is 10.3 Å². The number of ether oxygens (including phenoxy) is 1. The van der Waals surface area contributed by atoms with Crippen LogP contribution in [0.25, 0.3) is 11.1 Å². The molecule has 5 nitrogen and oxygen atoms in total. The first-order valence-electron chi connectivity index (χ1n) is 8.51. The first-order chi connectivity index (χ1) is 12.7. The number of H-pyrrole nitrogens is 1. The Morgan fingerprint density at radius 1 is 1.04 bits per heavy atom. The molecular weight excluding hydrogens is 328 g/mol. The number of nitrogens with one attached hydrogen (secondary N) is 2. The van der Waals surface area contributed by atoms with Crippen LogP contribution in [0.2, 0.25) is 0 Å². The highest BCUT2D eigenvalue weighted by Crippen LogP contribution is 2.30. The van der Waals surface area contributed by atoms with Crippen molar-refractivity contribution >= 4 is 5.91 Å². The van der Waals surface area contributed by atoms with Gasteiger partial charge in [-0.15, -0.1) is 0 Å². The number of hydrogen-bond acceptors (Lipinski definition) is 3. The largest absolute Gasteiger partial charge is 0.493 e. The van der Waals surface area contributed by atoms with Crippen molar-refractivity contribution < 1.29 is 9.53 Å². The minimum Gasteiger partial charge on any atom is -0.493 e. The number of carbonyl (C=O) groups excluding carboxylic acids is 1. The third-order valence-corrected chi connectivity index (χ3v) is 4.48. The van der Waals surface area contributed by atoms with Gasteiger partial charge in [0.25, 0.3) is 5.91 Å². The fourth-order valence-electron chi connectivity index (χ4n) is 3.02. The van der Waals surface area contributed by atoms with Crippen LogP contribution in [0.3, 0.4) is 0 Å². The highest BCUT2D eigenvalue weighted by atomic mass is 16.5. The molecule has 1 aromatic heterocycles. The highest BCUT2D eigenvalue weighted by Gasteiger charge is 2.12. The Kier molecular flexibility index (Phi) is 4.27. The van der Waals surface area contributed by atoms with Crippen LogP contribution in [0.1, 0.15) is 21.5 Å². The Morgan fingerprint density at radius 2 is 1.85 bits per heavy atom. The topological polar surface area (TPSA) is 71.2 Å². The van der Waals surface area contributed by atoms with Gasteiger partial charge < -0.3 is 15.0 Å². The van der Waals surface area contributed by atoms with Crippen LogP contribution in [0, 0.1) is 0 Å². The van der Waals surface area contributed by atoms with Crippen LogP contribution in [-0.4, -0.2) is 17.5 Å². The Balaban J connectivity index is 1.42. The predicted octanol–water partition coefficient (Wildman–Crippen LogP) is 2.91. The van der Waals surface area contributed by atoms with Gasteiger partial charge in [0.05, 0.1) is 12.2 Å². The van der Waals surface area contributed by atoms with E-state index in [1.807, 2.05) is 18.2 Å². The Bertz CT molecular complexity index is 986. The third-order valence-electron chi connectivity index (χ3n) is 4.48. The lowest BCUT2D eigenvalue weighted by Gasteiger charge is -2.08. The van der Waals surface area contributed by atoms with E-state index < -0.39 is 0 Å². The molecule has 0 fully saturated rings. The van der Waals surface area contributed by atoms with E-state index in [4.69, 9.17) is 4.74 Å². The van der Waals surface area contributed by atoms with Gasteiger partial charge in [0.1, 0.15) is 5.75 Å². The molecule has 0 unspecified atom stereocenters. The second kappa shape index (κ2) is 6.88. The maximum absolute atomic E-state index is 12.1. The number of pyridine rings is 1. The number of aromatic amines is 1. The van der Waals surface area contributed by atoms with Gasteiger partial charge >= 0.3 is 0 Å². The molecule has 1 aliphatic heterocycles. The molecule has 0 aliphatic carbocycles. The van der Waals surface area contributed by atoms with Crippen molar-refractivity contribution in [3.63, 3.8) is 0 Å². The fourth-order valence-corrected chi connectivity index (χ4v) is 3.02. The lowest BCUT2D eigenvalue weighted by molar-refractivity contribution is 0.0950. The van der Waals surface area contributed by atoms with E-state index in [1.165, 1.54) is 23.9 Å².